The zero-order valence-corrected chi connectivity index (χ0v) is 8.27. The number of rotatable bonds is 4. The molecule has 2 N–H and O–H groups in total. The minimum Gasteiger partial charge on any atom is -0.338 e. The zero-order valence-electron chi connectivity index (χ0n) is 6.11. The van der Waals surface area contributed by atoms with E-state index in [0.717, 1.165) is 23.9 Å². The number of hydrogen-bond acceptors (Lipinski definition) is 1. The third-order valence-electron chi connectivity index (χ3n) is 0.916. The topological polar surface area (TPSA) is 41.1 Å². The van der Waals surface area contributed by atoms with Crippen molar-refractivity contribution in [3.05, 3.63) is 0 Å². The summed E-state index contributed by atoms with van der Waals surface area (Å²) in [7, 11) is 0. The quantitative estimate of drug-likeness (QED) is 0.574. The van der Waals surface area contributed by atoms with Gasteiger partial charge in [0.1, 0.15) is 0 Å². The van der Waals surface area contributed by atoms with Crippen LogP contribution in [0.3, 0.4) is 0 Å². The molecule has 0 bridgehead atoms. The number of carbonyl (C=O) groups is 1. The fourth-order valence-corrected chi connectivity index (χ4v) is 0.731. The number of carbonyl (C=O) groups excluding carboxylic acids is 1. The molecule has 0 unspecified atom stereocenters. The number of alkyl halides is 1. The summed E-state index contributed by atoms with van der Waals surface area (Å²) in [6.45, 7) is 3.53. The summed E-state index contributed by atoms with van der Waals surface area (Å²) in [5.41, 5.74) is 0. The van der Waals surface area contributed by atoms with E-state index in [-0.39, 0.29) is 6.03 Å². The van der Waals surface area contributed by atoms with Gasteiger partial charge in [-0.1, -0.05) is 29.5 Å². The molecule has 0 aromatic carbocycles. The second-order valence-corrected chi connectivity index (χ2v) is 2.95. The number of urea groups is 1. The molecule has 10 heavy (non-hydrogen) atoms. The molecule has 0 aliphatic carbocycles. The maximum Gasteiger partial charge on any atom is 0.314 e. The van der Waals surface area contributed by atoms with E-state index < -0.39 is 0 Å². The number of hydrogen-bond donors (Lipinski definition) is 2. The van der Waals surface area contributed by atoms with Crippen molar-refractivity contribution < 1.29 is 4.79 Å². The Balaban J connectivity index is 3.09. The van der Waals surface area contributed by atoms with E-state index in [1.165, 1.54) is 0 Å². The molecule has 3 nitrogen and oxygen atoms in total. The Labute approximate surface area is 75.1 Å². The lowest BCUT2D eigenvalue weighted by atomic mass is 10.5. The molecule has 0 atom stereocenters. The van der Waals surface area contributed by atoms with E-state index >= 15 is 0 Å². The summed E-state index contributed by atoms with van der Waals surface area (Å²) in [5.74, 6) is 0. The van der Waals surface area contributed by atoms with E-state index in [4.69, 9.17) is 0 Å². The molecule has 0 radical (unpaired) electrons. The monoisotopic (exact) mass is 256 g/mol. The molecule has 0 aliphatic heterocycles. The van der Waals surface area contributed by atoms with Crippen LogP contribution in [0.25, 0.3) is 0 Å². The predicted octanol–water partition coefficient (Wildman–Crippen LogP) is 1.13. The summed E-state index contributed by atoms with van der Waals surface area (Å²) in [6.07, 6.45) is 0.984. The lowest BCUT2D eigenvalue weighted by Gasteiger charge is -2.03. The molecule has 0 saturated carbocycles. The van der Waals surface area contributed by atoms with Crippen molar-refractivity contribution in [3.8, 4) is 0 Å². The van der Waals surface area contributed by atoms with Crippen molar-refractivity contribution in [1.29, 1.82) is 0 Å². The van der Waals surface area contributed by atoms with E-state index in [1.54, 1.807) is 0 Å². The van der Waals surface area contributed by atoms with Crippen molar-refractivity contribution in [2.75, 3.05) is 17.5 Å². The van der Waals surface area contributed by atoms with Crippen LogP contribution < -0.4 is 10.6 Å². The van der Waals surface area contributed by atoms with Gasteiger partial charge in [-0.25, -0.2) is 4.79 Å². The van der Waals surface area contributed by atoms with E-state index in [0.29, 0.717) is 0 Å². The third-order valence-corrected chi connectivity index (χ3v) is 1.45. The van der Waals surface area contributed by atoms with Crippen molar-refractivity contribution in [2.45, 2.75) is 13.3 Å². The zero-order chi connectivity index (χ0) is 7.82. The largest absolute Gasteiger partial charge is 0.338 e. The SMILES string of the molecule is CCCNC(=O)NCCI. The van der Waals surface area contributed by atoms with Crippen LogP contribution in [0, 0.1) is 0 Å². The molecule has 4 heteroatoms. The minimum atomic E-state index is -0.0569. The van der Waals surface area contributed by atoms with Gasteiger partial charge < -0.3 is 10.6 Å². The second-order valence-electron chi connectivity index (χ2n) is 1.87. The molecule has 0 spiro atoms. The maximum atomic E-state index is 10.7. The van der Waals surface area contributed by atoms with Crippen molar-refractivity contribution >= 4 is 28.6 Å². The smallest absolute Gasteiger partial charge is 0.314 e. The van der Waals surface area contributed by atoms with Gasteiger partial charge in [-0.15, -0.1) is 0 Å². The molecule has 0 aliphatic rings. The van der Waals surface area contributed by atoms with Crippen LogP contribution in [-0.4, -0.2) is 23.5 Å². The maximum absolute atomic E-state index is 10.7. The van der Waals surface area contributed by atoms with Crippen LogP contribution in [0.5, 0.6) is 0 Å². The lowest BCUT2D eigenvalue weighted by molar-refractivity contribution is 0.241. The Morgan fingerprint density at radius 3 is 2.50 bits per heavy atom. The van der Waals surface area contributed by atoms with Crippen molar-refractivity contribution in [2.24, 2.45) is 0 Å². The van der Waals surface area contributed by atoms with Crippen LogP contribution in [0.4, 0.5) is 4.79 Å². The summed E-state index contributed by atoms with van der Waals surface area (Å²) >= 11 is 2.22. The molecule has 0 rings (SSSR count). The number of halogens is 1. The molecule has 0 aromatic heterocycles. The van der Waals surface area contributed by atoms with E-state index in [9.17, 15) is 4.79 Å². The van der Waals surface area contributed by atoms with Gasteiger partial charge in [0.15, 0.2) is 0 Å². The summed E-state index contributed by atoms with van der Waals surface area (Å²) in [4.78, 5) is 10.7. The first-order valence-corrected chi connectivity index (χ1v) is 4.91. The lowest BCUT2D eigenvalue weighted by Crippen LogP contribution is -2.36. The van der Waals surface area contributed by atoms with Gasteiger partial charge in [-0.3, -0.25) is 0 Å². The van der Waals surface area contributed by atoms with Gasteiger partial charge in [-0.05, 0) is 6.42 Å². The summed E-state index contributed by atoms with van der Waals surface area (Å²) < 4.78 is 0.956. The third kappa shape index (κ3) is 6.12. The van der Waals surface area contributed by atoms with E-state index in [2.05, 4.69) is 33.2 Å². The molecular formula is C6H13IN2O. The molecular weight excluding hydrogens is 243 g/mol. The Morgan fingerprint density at radius 2 is 2.00 bits per heavy atom. The second kappa shape index (κ2) is 7.11. The van der Waals surface area contributed by atoms with Crippen LogP contribution >= 0.6 is 22.6 Å². The minimum absolute atomic E-state index is 0.0569. The summed E-state index contributed by atoms with van der Waals surface area (Å²) in [6, 6.07) is -0.0569. The number of amides is 2. The van der Waals surface area contributed by atoms with Crippen LogP contribution in [0.15, 0.2) is 0 Å². The fourth-order valence-electron chi connectivity index (χ4n) is 0.462. The van der Waals surface area contributed by atoms with Gasteiger partial charge >= 0.3 is 6.03 Å². The van der Waals surface area contributed by atoms with Gasteiger partial charge in [0.2, 0.25) is 0 Å². The van der Waals surface area contributed by atoms with Crippen LogP contribution in [0.1, 0.15) is 13.3 Å². The molecule has 2 amide bonds. The highest BCUT2D eigenvalue weighted by molar-refractivity contribution is 14.1. The predicted molar refractivity (Wildman–Crippen MR) is 50.6 cm³/mol. The first-order valence-electron chi connectivity index (χ1n) is 3.39. The average Bonchev–Trinajstić information content (AvgIpc) is 1.97. The highest BCUT2D eigenvalue weighted by Crippen LogP contribution is 1.76. The highest BCUT2D eigenvalue weighted by atomic mass is 127. The van der Waals surface area contributed by atoms with Crippen LogP contribution in [0.2, 0.25) is 0 Å². The average molecular weight is 256 g/mol. The van der Waals surface area contributed by atoms with Gasteiger partial charge in [0, 0.05) is 17.5 Å². The van der Waals surface area contributed by atoms with Gasteiger partial charge in [0.25, 0.3) is 0 Å². The van der Waals surface area contributed by atoms with Gasteiger partial charge in [0.05, 0.1) is 0 Å². The molecule has 0 heterocycles. The van der Waals surface area contributed by atoms with Crippen LogP contribution in [-0.2, 0) is 0 Å². The Kier molecular flexibility index (Phi) is 7.11. The Morgan fingerprint density at radius 1 is 1.40 bits per heavy atom. The molecule has 0 aromatic rings. The first-order chi connectivity index (χ1) is 4.81. The highest BCUT2D eigenvalue weighted by Gasteiger charge is 1.94. The normalized spacial score (nSPS) is 9.00. The summed E-state index contributed by atoms with van der Waals surface area (Å²) in [5, 5.41) is 5.42. The van der Waals surface area contributed by atoms with Crippen molar-refractivity contribution in [1.82, 2.24) is 10.6 Å². The van der Waals surface area contributed by atoms with Crippen molar-refractivity contribution in [3.63, 3.8) is 0 Å². The Bertz CT molecular complexity index is 87.7. The fraction of sp³-hybridized carbons (Fsp3) is 0.833. The van der Waals surface area contributed by atoms with E-state index in [1.807, 2.05) is 6.92 Å². The van der Waals surface area contributed by atoms with Gasteiger partial charge in [-0.2, -0.15) is 0 Å². The molecule has 0 saturated heterocycles. The molecule has 0 fully saturated rings. The number of nitrogens with one attached hydrogen (secondary N) is 2. The Hall–Kier alpha value is 0. The first kappa shape index (κ1) is 10.0. The standard InChI is InChI=1S/C6H13IN2O/c1-2-4-8-6(10)9-5-3-7/h2-5H2,1H3,(H2,8,9,10). The molecule has 60 valence electrons.